The van der Waals surface area contributed by atoms with Crippen molar-refractivity contribution >= 4 is 17.2 Å². The highest BCUT2D eigenvalue weighted by atomic mass is 32.1. The zero-order valence-corrected chi connectivity index (χ0v) is 15.7. The predicted molar refractivity (Wildman–Crippen MR) is 101 cm³/mol. The zero-order valence-electron chi connectivity index (χ0n) is 14.9. The Morgan fingerprint density at radius 1 is 1.12 bits per heavy atom. The Hall–Kier alpha value is -1.79. The van der Waals surface area contributed by atoms with Gasteiger partial charge in [-0.3, -0.25) is 9.69 Å². The molecule has 0 N–H and O–H groups in total. The van der Waals surface area contributed by atoms with Crippen molar-refractivity contribution in [2.75, 3.05) is 26.2 Å². The van der Waals surface area contributed by atoms with Crippen LogP contribution in [0.1, 0.15) is 30.7 Å². The van der Waals surface area contributed by atoms with Crippen molar-refractivity contribution in [1.29, 1.82) is 0 Å². The lowest BCUT2D eigenvalue weighted by Gasteiger charge is -2.35. The number of rotatable bonds is 4. The number of thiazole rings is 1. The maximum atomic E-state index is 13.1. The van der Waals surface area contributed by atoms with E-state index in [1.807, 2.05) is 5.38 Å². The fraction of sp³-hybridized carbons (Fsp3) is 0.500. The van der Waals surface area contributed by atoms with Crippen molar-refractivity contribution in [2.45, 2.75) is 32.2 Å². The first-order chi connectivity index (χ1) is 12.7. The van der Waals surface area contributed by atoms with E-state index in [4.69, 9.17) is 4.98 Å². The summed E-state index contributed by atoms with van der Waals surface area (Å²) in [5.41, 5.74) is 1.85. The van der Waals surface area contributed by atoms with E-state index >= 15 is 0 Å². The molecule has 2 fully saturated rings. The van der Waals surface area contributed by atoms with Gasteiger partial charge in [-0.05, 0) is 37.1 Å². The summed E-state index contributed by atoms with van der Waals surface area (Å²) in [5.74, 6) is 0.419. The second-order valence-corrected chi connectivity index (χ2v) is 8.16. The summed E-state index contributed by atoms with van der Waals surface area (Å²) in [6.45, 7) is 4.28. The van der Waals surface area contributed by atoms with Crippen LogP contribution < -0.4 is 0 Å². The molecule has 26 heavy (non-hydrogen) atoms. The van der Waals surface area contributed by atoms with Crippen LogP contribution >= 0.6 is 11.3 Å². The molecule has 0 unspecified atom stereocenters. The van der Waals surface area contributed by atoms with Gasteiger partial charge in [-0.15, -0.1) is 11.3 Å². The topological polar surface area (TPSA) is 36.4 Å². The number of carbonyl (C=O) groups excluding carboxylic acids is 1. The molecule has 1 aromatic heterocycles. The third kappa shape index (κ3) is 3.96. The number of carbonyl (C=O) groups is 1. The second-order valence-electron chi connectivity index (χ2n) is 7.22. The summed E-state index contributed by atoms with van der Waals surface area (Å²) in [7, 11) is 0. The lowest BCUT2D eigenvalue weighted by molar-refractivity contribution is -0.137. The second kappa shape index (κ2) is 7.84. The molecular formula is C20H24FN3OS. The predicted octanol–water partition coefficient (Wildman–Crippen LogP) is 3.78. The Bertz CT molecular complexity index is 747. The molecule has 2 aromatic rings. The summed E-state index contributed by atoms with van der Waals surface area (Å²) in [5, 5.41) is 3.10. The van der Waals surface area contributed by atoms with Gasteiger partial charge in [0, 0.05) is 43.0 Å². The number of aromatic nitrogens is 1. The van der Waals surface area contributed by atoms with E-state index in [0.717, 1.165) is 61.8 Å². The summed E-state index contributed by atoms with van der Waals surface area (Å²) in [6, 6.07) is 6.47. The lowest BCUT2D eigenvalue weighted by Crippen LogP contribution is -2.49. The maximum absolute atomic E-state index is 13.1. The highest BCUT2D eigenvalue weighted by molar-refractivity contribution is 7.09. The summed E-state index contributed by atoms with van der Waals surface area (Å²) in [6.07, 6.45) is 4.56. The highest BCUT2D eigenvalue weighted by Crippen LogP contribution is 2.27. The van der Waals surface area contributed by atoms with Crippen molar-refractivity contribution in [2.24, 2.45) is 5.92 Å². The van der Waals surface area contributed by atoms with Crippen molar-refractivity contribution in [3.63, 3.8) is 0 Å². The van der Waals surface area contributed by atoms with Gasteiger partial charge in [0.15, 0.2) is 0 Å². The number of piperazine rings is 1. The van der Waals surface area contributed by atoms with Crippen LogP contribution in [0.5, 0.6) is 0 Å². The van der Waals surface area contributed by atoms with Gasteiger partial charge in [-0.2, -0.15) is 0 Å². The van der Waals surface area contributed by atoms with Gasteiger partial charge >= 0.3 is 0 Å². The molecule has 0 bridgehead atoms. The maximum Gasteiger partial charge on any atom is 0.225 e. The van der Waals surface area contributed by atoms with E-state index in [1.165, 1.54) is 25.0 Å². The first kappa shape index (κ1) is 17.6. The van der Waals surface area contributed by atoms with E-state index in [2.05, 4.69) is 9.80 Å². The smallest absolute Gasteiger partial charge is 0.225 e. The molecule has 1 saturated heterocycles. The first-order valence-corrected chi connectivity index (χ1v) is 10.3. The number of halogens is 1. The lowest BCUT2D eigenvalue weighted by atomic mass is 10.1. The minimum Gasteiger partial charge on any atom is -0.340 e. The quantitative estimate of drug-likeness (QED) is 0.818. The fourth-order valence-electron chi connectivity index (χ4n) is 3.89. The largest absolute Gasteiger partial charge is 0.340 e. The average Bonchev–Trinajstić information content (AvgIpc) is 3.35. The van der Waals surface area contributed by atoms with E-state index in [-0.39, 0.29) is 11.7 Å². The molecule has 1 amide bonds. The molecule has 2 aliphatic rings. The minimum atomic E-state index is -0.228. The number of hydrogen-bond acceptors (Lipinski definition) is 4. The Morgan fingerprint density at radius 2 is 1.81 bits per heavy atom. The van der Waals surface area contributed by atoms with Gasteiger partial charge in [0.05, 0.1) is 12.2 Å². The normalized spacial score (nSPS) is 19.2. The summed E-state index contributed by atoms with van der Waals surface area (Å²) >= 11 is 1.64. The Kier molecular flexibility index (Phi) is 5.31. The molecule has 4 nitrogen and oxygen atoms in total. The van der Waals surface area contributed by atoms with E-state index < -0.39 is 0 Å². The summed E-state index contributed by atoms with van der Waals surface area (Å²) < 4.78 is 13.1. The van der Waals surface area contributed by atoms with Crippen LogP contribution in [-0.4, -0.2) is 46.9 Å². The Morgan fingerprint density at radius 3 is 2.50 bits per heavy atom. The molecule has 1 aliphatic carbocycles. The standard InChI is InChI=1S/C20H24FN3OS/c21-17-7-5-15(6-8-17)18-14-26-19(22-18)13-23-9-11-24(12-10-23)20(25)16-3-1-2-4-16/h5-8,14,16H,1-4,9-13H2. The van der Waals surface area contributed by atoms with Gasteiger partial charge in [-0.25, -0.2) is 9.37 Å². The molecule has 1 aliphatic heterocycles. The minimum absolute atomic E-state index is 0.228. The van der Waals surface area contributed by atoms with Crippen LogP contribution in [0.25, 0.3) is 11.3 Å². The van der Waals surface area contributed by atoms with E-state index in [0.29, 0.717) is 5.91 Å². The first-order valence-electron chi connectivity index (χ1n) is 9.40. The van der Waals surface area contributed by atoms with Gasteiger partial charge in [0.2, 0.25) is 5.91 Å². The summed E-state index contributed by atoms with van der Waals surface area (Å²) in [4.78, 5) is 21.6. The number of hydrogen-bond donors (Lipinski definition) is 0. The van der Waals surface area contributed by atoms with Crippen molar-refractivity contribution < 1.29 is 9.18 Å². The molecule has 2 heterocycles. The monoisotopic (exact) mass is 373 g/mol. The Balaban J connectivity index is 1.30. The molecule has 1 saturated carbocycles. The SMILES string of the molecule is O=C(C1CCCC1)N1CCN(Cc2nc(-c3ccc(F)cc3)cs2)CC1. The molecule has 6 heteroatoms. The molecular weight excluding hydrogens is 349 g/mol. The van der Waals surface area contributed by atoms with Crippen molar-refractivity contribution in [3.05, 3.63) is 40.5 Å². The molecule has 1 aromatic carbocycles. The van der Waals surface area contributed by atoms with Crippen molar-refractivity contribution in [1.82, 2.24) is 14.8 Å². The van der Waals surface area contributed by atoms with Crippen LogP contribution in [0.2, 0.25) is 0 Å². The third-order valence-corrected chi connectivity index (χ3v) is 6.27. The Labute approximate surface area is 157 Å². The van der Waals surface area contributed by atoms with Crippen LogP contribution in [0.4, 0.5) is 4.39 Å². The van der Waals surface area contributed by atoms with Gasteiger partial charge < -0.3 is 4.90 Å². The number of nitrogens with zero attached hydrogens (tertiary/aromatic N) is 3. The molecule has 138 valence electrons. The number of benzene rings is 1. The van der Waals surface area contributed by atoms with Gasteiger partial charge in [0.25, 0.3) is 0 Å². The third-order valence-electron chi connectivity index (χ3n) is 5.44. The van der Waals surface area contributed by atoms with Crippen LogP contribution in [0.3, 0.4) is 0 Å². The molecule has 4 rings (SSSR count). The number of amides is 1. The van der Waals surface area contributed by atoms with Crippen molar-refractivity contribution in [3.8, 4) is 11.3 Å². The fourth-order valence-corrected chi connectivity index (χ4v) is 4.73. The zero-order chi connectivity index (χ0) is 17.9. The highest BCUT2D eigenvalue weighted by Gasteiger charge is 2.29. The van der Waals surface area contributed by atoms with Crippen LogP contribution in [0, 0.1) is 11.7 Å². The van der Waals surface area contributed by atoms with E-state index in [1.54, 1.807) is 23.5 Å². The van der Waals surface area contributed by atoms with Crippen LogP contribution in [-0.2, 0) is 11.3 Å². The van der Waals surface area contributed by atoms with E-state index in [9.17, 15) is 9.18 Å². The van der Waals surface area contributed by atoms with Gasteiger partial charge in [-0.1, -0.05) is 12.8 Å². The van der Waals surface area contributed by atoms with Gasteiger partial charge in [0.1, 0.15) is 10.8 Å². The molecule has 0 radical (unpaired) electrons. The van der Waals surface area contributed by atoms with Crippen LogP contribution in [0.15, 0.2) is 29.6 Å². The average molecular weight is 373 g/mol. The molecule has 0 spiro atoms. The molecule has 0 atom stereocenters.